The van der Waals surface area contributed by atoms with Gasteiger partial charge in [0.05, 0.1) is 6.04 Å². The first-order valence-electron chi connectivity index (χ1n) is 10.7. The van der Waals surface area contributed by atoms with Crippen molar-refractivity contribution in [3.63, 3.8) is 0 Å². The Kier molecular flexibility index (Phi) is 11.5. The minimum absolute atomic E-state index is 0.0831. The van der Waals surface area contributed by atoms with E-state index in [2.05, 4.69) is 10.6 Å². The summed E-state index contributed by atoms with van der Waals surface area (Å²) < 4.78 is 0. The average Bonchev–Trinajstić information content (AvgIpc) is 3.22. The molecule has 1 heterocycles. The van der Waals surface area contributed by atoms with Crippen LogP contribution in [-0.4, -0.2) is 82.3 Å². The van der Waals surface area contributed by atoms with Crippen molar-refractivity contribution in [2.45, 2.75) is 70.1 Å². The van der Waals surface area contributed by atoms with Crippen LogP contribution in [0.3, 0.4) is 0 Å². The van der Waals surface area contributed by atoms with Crippen molar-refractivity contribution < 1.29 is 29.1 Å². The van der Waals surface area contributed by atoms with Crippen LogP contribution < -0.4 is 22.1 Å². The quantitative estimate of drug-likeness (QED) is 0.226. The molecule has 0 radical (unpaired) electrons. The second-order valence-electron chi connectivity index (χ2n) is 8.21. The molecule has 0 spiro atoms. The molecule has 0 aromatic rings. The zero-order chi connectivity index (χ0) is 24.4. The van der Waals surface area contributed by atoms with E-state index in [0.717, 1.165) is 0 Å². The van der Waals surface area contributed by atoms with Crippen LogP contribution in [0.2, 0.25) is 0 Å². The standard InChI is InChI=1S/C20H35N5O6S/c1-11(2)16(22)19(29)25-9-4-5-14(25)18(28)23-12(8-10-32-3)17(27)24-13(20(30)31)6-7-15(21)26/h11-14,16H,4-10,22H2,1-3H3,(H2,21,26)(H,23,28)(H,24,27)(H,30,31). The summed E-state index contributed by atoms with van der Waals surface area (Å²) >= 11 is 1.47. The first-order chi connectivity index (χ1) is 15.0. The van der Waals surface area contributed by atoms with E-state index in [1.165, 1.54) is 16.7 Å². The van der Waals surface area contributed by atoms with Gasteiger partial charge >= 0.3 is 5.97 Å². The highest BCUT2D eigenvalue weighted by atomic mass is 32.2. The van der Waals surface area contributed by atoms with Crippen molar-refractivity contribution in [2.75, 3.05) is 18.6 Å². The van der Waals surface area contributed by atoms with Gasteiger partial charge in [0.25, 0.3) is 0 Å². The maximum absolute atomic E-state index is 13.0. The summed E-state index contributed by atoms with van der Waals surface area (Å²) in [5.41, 5.74) is 11.0. The van der Waals surface area contributed by atoms with E-state index in [-0.39, 0.29) is 31.1 Å². The number of hydrogen-bond donors (Lipinski definition) is 5. The topological polar surface area (TPSA) is 185 Å². The molecule has 1 aliphatic rings. The highest BCUT2D eigenvalue weighted by molar-refractivity contribution is 7.98. The Balaban J connectivity index is 2.89. The van der Waals surface area contributed by atoms with Gasteiger partial charge in [-0.1, -0.05) is 13.8 Å². The van der Waals surface area contributed by atoms with E-state index in [4.69, 9.17) is 11.5 Å². The highest BCUT2D eigenvalue weighted by Crippen LogP contribution is 2.20. The third-order valence-electron chi connectivity index (χ3n) is 5.38. The number of primary amides is 1. The molecule has 1 aliphatic heterocycles. The number of likely N-dealkylation sites (tertiary alicyclic amines) is 1. The highest BCUT2D eigenvalue weighted by Gasteiger charge is 2.38. The lowest BCUT2D eigenvalue weighted by atomic mass is 10.0. The first-order valence-corrected chi connectivity index (χ1v) is 12.1. The second kappa shape index (κ2) is 13.3. The van der Waals surface area contributed by atoms with Gasteiger partial charge in [-0.3, -0.25) is 19.2 Å². The van der Waals surface area contributed by atoms with Crippen LogP contribution in [-0.2, 0) is 24.0 Å². The summed E-state index contributed by atoms with van der Waals surface area (Å²) in [7, 11) is 0. The van der Waals surface area contributed by atoms with E-state index in [9.17, 15) is 29.1 Å². The van der Waals surface area contributed by atoms with E-state index in [1.54, 1.807) is 0 Å². The lowest BCUT2D eigenvalue weighted by Gasteiger charge is -2.29. The van der Waals surface area contributed by atoms with Gasteiger partial charge in [-0.15, -0.1) is 0 Å². The number of carbonyl (C=O) groups excluding carboxylic acids is 4. The number of carbonyl (C=O) groups is 5. The van der Waals surface area contributed by atoms with Gasteiger partial charge < -0.3 is 32.1 Å². The van der Waals surface area contributed by atoms with Gasteiger partial charge in [-0.2, -0.15) is 11.8 Å². The zero-order valence-electron chi connectivity index (χ0n) is 18.8. The molecular formula is C20H35N5O6S. The van der Waals surface area contributed by atoms with Crippen LogP contribution in [0.25, 0.3) is 0 Å². The number of nitrogens with two attached hydrogens (primary N) is 2. The molecule has 7 N–H and O–H groups in total. The monoisotopic (exact) mass is 473 g/mol. The summed E-state index contributed by atoms with van der Waals surface area (Å²) in [4.78, 5) is 62.3. The number of carboxylic acids is 1. The van der Waals surface area contributed by atoms with E-state index in [1.807, 2.05) is 20.1 Å². The van der Waals surface area contributed by atoms with Gasteiger partial charge in [0.1, 0.15) is 18.1 Å². The van der Waals surface area contributed by atoms with Crippen LogP contribution >= 0.6 is 11.8 Å². The van der Waals surface area contributed by atoms with Gasteiger partial charge in [-0.25, -0.2) is 4.79 Å². The third kappa shape index (κ3) is 8.30. The number of thioether (sulfide) groups is 1. The average molecular weight is 474 g/mol. The molecule has 4 amide bonds. The molecule has 4 atom stereocenters. The summed E-state index contributed by atoms with van der Waals surface area (Å²) in [6, 6.07) is -3.75. The Hall–Kier alpha value is -2.34. The van der Waals surface area contributed by atoms with E-state index in [0.29, 0.717) is 25.1 Å². The summed E-state index contributed by atoms with van der Waals surface area (Å²) in [5.74, 6) is -2.97. The Labute approximate surface area is 192 Å². The Morgan fingerprint density at radius 2 is 1.78 bits per heavy atom. The van der Waals surface area contributed by atoms with Crippen molar-refractivity contribution in [1.29, 1.82) is 0 Å². The lowest BCUT2D eigenvalue weighted by molar-refractivity contribution is -0.143. The van der Waals surface area contributed by atoms with Crippen molar-refractivity contribution in [2.24, 2.45) is 17.4 Å². The maximum Gasteiger partial charge on any atom is 0.326 e. The van der Waals surface area contributed by atoms with Gasteiger partial charge in [-0.05, 0) is 43.6 Å². The fraction of sp³-hybridized carbons (Fsp3) is 0.750. The van der Waals surface area contributed by atoms with Gasteiger partial charge in [0.2, 0.25) is 23.6 Å². The van der Waals surface area contributed by atoms with Crippen molar-refractivity contribution in [1.82, 2.24) is 15.5 Å². The number of amides is 4. The smallest absolute Gasteiger partial charge is 0.326 e. The normalized spacial score (nSPS) is 18.7. The predicted octanol–water partition coefficient (Wildman–Crippen LogP) is -0.966. The molecular weight excluding hydrogens is 438 g/mol. The molecule has 0 aromatic heterocycles. The largest absolute Gasteiger partial charge is 0.480 e. The maximum atomic E-state index is 13.0. The third-order valence-corrected chi connectivity index (χ3v) is 6.02. The molecule has 1 rings (SSSR count). The molecule has 12 heteroatoms. The van der Waals surface area contributed by atoms with Crippen molar-refractivity contribution in [3.8, 4) is 0 Å². The molecule has 0 aliphatic carbocycles. The van der Waals surface area contributed by atoms with Crippen LogP contribution in [0.15, 0.2) is 0 Å². The molecule has 1 fully saturated rings. The fourth-order valence-corrected chi connectivity index (χ4v) is 3.84. The number of carboxylic acid groups (broad SMARTS) is 1. The Morgan fingerprint density at radius 3 is 2.31 bits per heavy atom. The minimum Gasteiger partial charge on any atom is -0.480 e. The predicted molar refractivity (Wildman–Crippen MR) is 120 cm³/mol. The van der Waals surface area contributed by atoms with Crippen molar-refractivity contribution in [3.05, 3.63) is 0 Å². The number of hydrogen-bond acceptors (Lipinski definition) is 7. The Bertz CT molecular complexity index is 704. The molecule has 0 bridgehead atoms. The number of nitrogens with zero attached hydrogens (tertiary/aromatic N) is 1. The zero-order valence-corrected chi connectivity index (χ0v) is 19.7. The molecule has 11 nitrogen and oxygen atoms in total. The van der Waals surface area contributed by atoms with Crippen LogP contribution in [0.5, 0.6) is 0 Å². The van der Waals surface area contributed by atoms with E-state index >= 15 is 0 Å². The SMILES string of the molecule is CSCCC(NC(=O)C1CCCN1C(=O)C(N)C(C)C)C(=O)NC(CCC(N)=O)C(=O)O. The van der Waals surface area contributed by atoms with Gasteiger partial charge in [0.15, 0.2) is 0 Å². The molecule has 1 saturated heterocycles. The summed E-state index contributed by atoms with van der Waals surface area (Å²) in [5, 5.41) is 14.4. The number of rotatable bonds is 13. The van der Waals surface area contributed by atoms with Gasteiger partial charge in [0, 0.05) is 13.0 Å². The van der Waals surface area contributed by atoms with E-state index < -0.39 is 47.9 Å². The fourth-order valence-electron chi connectivity index (χ4n) is 3.37. The van der Waals surface area contributed by atoms with Crippen LogP contribution in [0.1, 0.15) is 46.0 Å². The summed E-state index contributed by atoms with van der Waals surface area (Å²) in [6.07, 6.45) is 2.85. The number of nitrogens with one attached hydrogen (secondary N) is 2. The molecule has 4 unspecified atom stereocenters. The molecule has 182 valence electrons. The molecule has 0 aromatic carbocycles. The number of aliphatic carboxylic acids is 1. The van der Waals surface area contributed by atoms with Crippen LogP contribution in [0, 0.1) is 5.92 Å². The first kappa shape index (κ1) is 27.7. The molecule has 0 saturated carbocycles. The summed E-state index contributed by atoms with van der Waals surface area (Å²) in [6.45, 7) is 4.06. The minimum atomic E-state index is -1.31. The molecule has 32 heavy (non-hydrogen) atoms. The lowest BCUT2D eigenvalue weighted by Crippen LogP contribution is -2.57. The second-order valence-corrected chi connectivity index (χ2v) is 9.19. The van der Waals surface area contributed by atoms with Crippen LogP contribution in [0.4, 0.5) is 0 Å². The Morgan fingerprint density at radius 1 is 1.12 bits per heavy atom. The van der Waals surface area contributed by atoms with Crippen molar-refractivity contribution >= 4 is 41.4 Å².